The highest BCUT2D eigenvalue weighted by molar-refractivity contribution is 7.11. The lowest BCUT2D eigenvalue weighted by Gasteiger charge is -2.44. The molecule has 6 nitrogen and oxygen atoms in total. The highest BCUT2D eigenvalue weighted by Crippen LogP contribution is 2.26. The Balaban J connectivity index is 1.34. The molecule has 2 aromatic heterocycles. The zero-order valence-electron chi connectivity index (χ0n) is 14.0. The summed E-state index contributed by atoms with van der Waals surface area (Å²) in [5.41, 5.74) is 2.50. The number of fused-ring (bicyclic) bond motifs is 1. The Kier molecular flexibility index (Phi) is 3.96. The molecule has 1 aliphatic heterocycles. The van der Waals surface area contributed by atoms with Gasteiger partial charge in [0.05, 0.1) is 23.2 Å². The van der Waals surface area contributed by atoms with E-state index in [0.717, 1.165) is 47.3 Å². The maximum Gasteiger partial charge on any atom is 0.228 e. The van der Waals surface area contributed by atoms with Crippen molar-refractivity contribution >= 4 is 23.1 Å². The molecule has 1 saturated heterocycles. The summed E-state index contributed by atoms with van der Waals surface area (Å²) in [4.78, 5) is 21.7. The topological polar surface area (TPSA) is 62.2 Å². The van der Waals surface area contributed by atoms with E-state index in [2.05, 4.69) is 26.1 Å². The van der Waals surface area contributed by atoms with Crippen LogP contribution in [-0.2, 0) is 24.1 Å². The van der Waals surface area contributed by atoms with Gasteiger partial charge in [-0.1, -0.05) is 0 Å². The summed E-state index contributed by atoms with van der Waals surface area (Å²) >= 11 is 1.59. The second-order valence-electron chi connectivity index (χ2n) is 6.61. The monoisotopic (exact) mass is 343 g/mol. The van der Waals surface area contributed by atoms with Crippen LogP contribution in [0.3, 0.4) is 0 Å². The predicted molar refractivity (Wildman–Crippen MR) is 93.4 cm³/mol. The number of carbonyl (C=O) groups is 1. The number of amides is 1. The van der Waals surface area contributed by atoms with Crippen molar-refractivity contribution in [1.29, 1.82) is 0 Å². The van der Waals surface area contributed by atoms with Crippen molar-refractivity contribution in [2.24, 2.45) is 0 Å². The molecule has 0 aromatic carbocycles. The first-order valence-corrected chi connectivity index (χ1v) is 9.19. The van der Waals surface area contributed by atoms with Gasteiger partial charge in [0, 0.05) is 31.2 Å². The van der Waals surface area contributed by atoms with Gasteiger partial charge in [0.2, 0.25) is 5.91 Å². The lowest BCUT2D eigenvalue weighted by Crippen LogP contribution is -2.60. The molecule has 0 unspecified atom stereocenters. The quantitative estimate of drug-likeness (QED) is 0.844. The van der Waals surface area contributed by atoms with E-state index in [1.165, 1.54) is 12.0 Å². The summed E-state index contributed by atoms with van der Waals surface area (Å²) in [7, 11) is 1.90. The molecule has 1 aliphatic carbocycles. The molecule has 24 heavy (non-hydrogen) atoms. The second kappa shape index (κ2) is 6.12. The molecule has 0 N–H and O–H groups in total. The number of hydrogen-bond donors (Lipinski definition) is 0. The number of carbonyl (C=O) groups excluding carboxylic acids is 1. The fourth-order valence-corrected chi connectivity index (χ4v) is 4.11. The van der Waals surface area contributed by atoms with Crippen LogP contribution in [0.15, 0.2) is 12.3 Å². The largest absolute Gasteiger partial charge is 0.351 e. The SMILES string of the molecule is Cc1ncc(CC(=O)N(C)C2CN(c3cc4c(nn3)CCC4)C2)s1. The van der Waals surface area contributed by atoms with Crippen molar-refractivity contribution in [3.05, 3.63) is 33.4 Å². The van der Waals surface area contributed by atoms with E-state index in [1.54, 1.807) is 17.5 Å². The number of thiazole rings is 1. The first-order valence-electron chi connectivity index (χ1n) is 8.37. The van der Waals surface area contributed by atoms with Gasteiger partial charge in [-0.2, -0.15) is 5.10 Å². The summed E-state index contributed by atoms with van der Waals surface area (Å²) in [6, 6.07) is 2.43. The molecular formula is C17H21N5OS. The summed E-state index contributed by atoms with van der Waals surface area (Å²) in [5, 5.41) is 9.70. The molecule has 0 spiro atoms. The van der Waals surface area contributed by atoms with Crippen molar-refractivity contribution in [2.75, 3.05) is 25.0 Å². The molecule has 4 rings (SSSR count). The molecular weight excluding hydrogens is 322 g/mol. The van der Waals surface area contributed by atoms with E-state index in [9.17, 15) is 4.79 Å². The average molecular weight is 343 g/mol. The van der Waals surface area contributed by atoms with Crippen molar-refractivity contribution < 1.29 is 4.79 Å². The Labute approximate surface area is 145 Å². The zero-order chi connectivity index (χ0) is 16.7. The number of nitrogens with zero attached hydrogens (tertiary/aromatic N) is 5. The molecule has 1 fully saturated rings. The number of anilines is 1. The van der Waals surface area contributed by atoms with Crippen LogP contribution in [0.2, 0.25) is 0 Å². The molecule has 1 amide bonds. The minimum Gasteiger partial charge on any atom is -0.351 e. The van der Waals surface area contributed by atoms with Crippen LogP contribution < -0.4 is 4.90 Å². The van der Waals surface area contributed by atoms with Crippen molar-refractivity contribution in [3.63, 3.8) is 0 Å². The zero-order valence-corrected chi connectivity index (χ0v) is 14.8. The van der Waals surface area contributed by atoms with E-state index >= 15 is 0 Å². The fourth-order valence-electron chi connectivity index (χ4n) is 3.32. The summed E-state index contributed by atoms with van der Waals surface area (Å²) in [5.74, 6) is 1.11. The van der Waals surface area contributed by atoms with Crippen molar-refractivity contribution in [2.45, 2.75) is 38.6 Å². The Bertz CT molecular complexity index is 768. The number of rotatable bonds is 4. The third-order valence-electron chi connectivity index (χ3n) is 4.93. The highest BCUT2D eigenvalue weighted by atomic mass is 32.1. The Morgan fingerprint density at radius 1 is 1.38 bits per heavy atom. The molecule has 2 aliphatic rings. The number of hydrogen-bond acceptors (Lipinski definition) is 6. The van der Waals surface area contributed by atoms with Gasteiger partial charge >= 0.3 is 0 Å². The summed E-state index contributed by atoms with van der Waals surface area (Å²) < 4.78 is 0. The van der Waals surface area contributed by atoms with Crippen LogP contribution >= 0.6 is 11.3 Å². The van der Waals surface area contributed by atoms with Crippen molar-refractivity contribution in [1.82, 2.24) is 20.1 Å². The average Bonchev–Trinajstić information content (AvgIpc) is 3.13. The van der Waals surface area contributed by atoms with Crippen LogP contribution in [0.4, 0.5) is 5.82 Å². The van der Waals surface area contributed by atoms with E-state index in [1.807, 2.05) is 18.9 Å². The molecule has 7 heteroatoms. The fraction of sp³-hybridized carbons (Fsp3) is 0.529. The standard InChI is InChI=1S/C17H21N5OS/c1-11-18-8-14(24-11)7-17(23)21(2)13-9-22(10-13)16-6-12-4-3-5-15(12)19-20-16/h6,8,13H,3-5,7,9-10H2,1-2H3. The van der Waals surface area contributed by atoms with Crippen LogP contribution in [0.5, 0.6) is 0 Å². The Morgan fingerprint density at radius 3 is 2.96 bits per heavy atom. The van der Waals surface area contributed by atoms with Gasteiger partial charge in [0.25, 0.3) is 0 Å². The Morgan fingerprint density at radius 2 is 2.21 bits per heavy atom. The van der Waals surface area contributed by atoms with Crippen LogP contribution in [0.1, 0.15) is 27.6 Å². The molecule has 0 atom stereocenters. The maximum absolute atomic E-state index is 12.4. The minimum atomic E-state index is 0.156. The highest BCUT2D eigenvalue weighted by Gasteiger charge is 2.34. The lowest BCUT2D eigenvalue weighted by molar-refractivity contribution is -0.131. The molecule has 0 bridgehead atoms. The lowest BCUT2D eigenvalue weighted by atomic mass is 10.1. The minimum absolute atomic E-state index is 0.156. The van der Waals surface area contributed by atoms with E-state index in [0.29, 0.717) is 6.42 Å². The van der Waals surface area contributed by atoms with Gasteiger partial charge < -0.3 is 9.80 Å². The number of aryl methyl sites for hydroxylation is 3. The van der Waals surface area contributed by atoms with Gasteiger partial charge in [0.1, 0.15) is 0 Å². The van der Waals surface area contributed by atoms with Crippen molar-refractivity contribution in [3.8, 4) is 0 Å². The molecule has 126 valence electrons. The van der Waals surface area contributed by atoms with Crippen LogP contribution in [0, 0.1) is 6.92 Å². The predicted octanol–water partition coefficient (Wildman–Crippen LogP) is 1.62. The van der Waals surface area contributed by atoms with Gasteiger partial charge in [-0.15, -0.1) is 16.4 Å². The smallest absolute Gasteiger partial charge is 0.228 e. The third-order valence-corrected chi connectivity index (χ3v) is 5.84. The van der Waals surface area contributed by atoms with Gasteiger partial charge in [0.15, 0.2) is 5.82 Å². The summed E-state index contributed by atoms with van der Waals surface area (Å²) in [6.07, 6.45) is 5.60. The number of likely N-dealkylation sites (N-methyl/N-ethyl adjacent to an activating group) is 1. The first-order chi connectivity index (χ1) is 11.6. The van der Waals surface area contributed by atoms with E-state index < -0.39 is 0 Å². The van der Waals surface area contributed by atoms with Gasteiger partial charge in [-0.25, -0.2) is 4.98 Å². The Hall–Kier alpha value is -2.02. The van der Waals surface area contributed by atoms with E-state index in [4.69, 9.17) is 0 Å². The first kappa shape index (κ1) is 15.5. The molecule has 0 radical (unpaired) electrons. The molecule has 2 aromatic rings. The normalized spacial score (nSPS) is 16.8. The molecule has 0 saturated carbocycles. The summed E-state index contributed by atoms with van der Waals surface area (Å²) in [6.45, 7) is 3.62. The van der Waals surface area contributed by atoms with Crippen LogP contribution in [-0.4, -0.2) is 52.2 Å². The maximum atomic E-state index is 12.4. The number of aromatic nitrogens is 3. The third kappa shape index (κ3) is 2.88. The molecule has 3 heterocycles. The van der Waals surface area contributed by atoms with Gasteiger partial charge in [-0.3, -0.25) is 4.79 Å². The second-order valence-corrected chi connectivity index (χ2v) is 7.93. The van der Waals surface area contributed by atoms with Gasteiger partial charge in [-0.05, 0) is 37.8 Å². The van der Waals surface area contributed by atoms with Crippen LogP contribution in [0.25, 0.3) is 0 Å². The van der Waals surface area contributed by atoms with E-state index in [-0.39, 0.29) is 11.9 Å².